The van der Waals surface area contributed by atoms with Crippen molar-refractivity contribution in [2.45, 2.75) is 12.8 Å². The first-order chi connectivity index (χ1) is 5.20. The standard InChI is InChI=1S/C7H11ClN2O/c1-5-6(4-8)7(11-3)10(2)9-5/h4H2,1-3H3. The number of hydrogen-bond donors (Lipinski definition) is 0. The minimum Gasteiger partial charge on any atom is -0.481 e. The Morgan fingerprint density at radius 1 is 1.64 bits per heavy atom. The molecule has 1 heterocycles. The zero-order chi connectivity index (χ0) is 8.43. The van der Waals surface area contributed by atoms with E-state index in [1.165, 1.54) is 0 Å². The number of methoxy groups -OCH3 is 1. The molecule has 0 N–H and O–H groups in total. The molecule has 0 unspecified atom stereocenters. The lowest BCUT2D eigenvalue weighted by atomic mass is 10.3. The lowest BCUT2D eigenvalue weighted by molar-refractivity contribution is 0.370. The Balaban J connectivity index is 3.17. The summed E-state index contributed by atoms with van der Waals surface area (Å²) in [5.74, 6) is 1.19. The second kappa shape index (κ2) is 3.13. The highest BCUT2D eigenvalue weighted by Gasteiger charge is 2.11. The van der Waals surface area contributed by atoms with Crippen LogP contribution in [0.3, 0.4) is 0 Å². The van der Waals surface area contributed by atoms with Crippen LogP contribution in [0.25, 0.3) is 0 Å². The molecule has 0 aromatic carbocycles. The topological polar surface area (TPSA) is 27.1 Å². The largest absolute Gasteiger partial charge is 0.481 e. The lowest BCUT2D eigenvalue weighted by Gasteiger charge is -2.00. The molecule has 4 heteroatoms. The van der Waals surface area contributed by atoms with Crippen molar-refractivity contribution in [3.8, 4) is 5.88 Å². The summed E-state index contributed by atoms with van der Waals surface area (Å²) in [6, 6.07) is 0. The molecule has 0 saturated heterocycles. The van der Waals surface area contributed by atoms with Gasteiger partial charge < -0.3 is 4.74 Å². The molecule has 0 atom stereocenters. The Hall–Kier alpha value is -0.700. The molecule has 1 aromatic rings. The second-order valence-corrected chi connectivity index (χ2v) is 2.60. The summed E-state index contributed by atoms with van der Waals surface area (Å²) in [6.45, 7) is 1.92. The number of aromatic nitrogens is 2. The van der Waals surface area contributed by atoms with Gasteiger partial charge in [0.2, 0.25) is 5.88 Å². The second-order valence-electron chi connectivity index (χ2n) is 2.33. The molecular weight excluding hydrogens is 164 g/mol. The van der Waals surface area contributed by atoms with Gasteiger partial charge in [-0.05, 0) is 6.92 Å². The van der Waals surface area contributed by atoms with Crippen LogP contribution in [0, 0.1) is 6.92 Å². The van der Waals surface area contributed by atoms with Crippen LogP contribution in [-0.2, 0) is 12.9 Å². The maximum atomic E-state index is 5.70. The average Bonchev–Trinajstić information content (AvgIpc) is 2.24. The summed E-state index contributed by atoms with van der Waals surface area (Å²) in [6.07, 6.45) is 0. The van der Waals surface area contributed by atoms with Gasteiger partial charge in [-0.2, -0.15) is 5.10 Å². The van der Waals surface area contributed by atoms with Crippen LogP contribution in [-0.4, -0.2) is 16.9 Å². The van der Waals surface area contributed by atoms with Gasteiger partial charge in [0, 0.05) is 7.05 Å². The SMILES string of the molecule is COc1c(CCl)c(C)nn1C. The van der Waals surface area contributed by atoms with Gasteiger partial charge in [-0.3, -0.25) is 0 Å². The van der Waals surface area contributed by atoms with Crippen LogP contribution in [0.15, 0.2) is 0 Å². The zero-order valence-corrected chi connectivity index (χ0v) is 7.64. The molecule has 62 valence electrons. The van der Waals surface area contributed by atoms with E-state index in [4.69, 9.17) is 16.3 Å². The number of nitrogens with zero attached hydrogens (tertiary/aromatic N) is 2. The van der Waals surface area contributed by atoms with Crippen molar-refractivity contribution in [2.24, 2.45) is 7.05 Å². The predicted molar refractivity (Wildman–Crippen MR) is 44.1 cm³/mol. The summed E-state index contributed by atoms with van der Waals surface area (Å²) in [5.41, 5.74) is 1.90. The number of ether oxygens (including phenoxy) is 1. The van der Waals surface area contributed by atoms with Gasteiger partial charge in [0.25, 0.3) is 0 Å². The summed E-state index contributed by atoms with van der Waals surface area (Å²) in [5, 5.41) is 4.16. The molecule has 3 nitrogen and oxygen atoms in total. The lowest BCUT2D eigenvalue weighted by Crippen LogP contribution is -1.95. The first-order valence-electron chi connectivity index (χ1n) is 3.33. The molecule has 0 saturated carbocycles. The highest BCUT2D eigenvalue weighted by Crippen LogP contribution is 2.22. The highest BCUT2D eigenvalue weighted by atomic mass is 35.5. The quantitative estimate of drug-likeness (QED) is 0.635. The third-order valence-corrected chi connectivity index (χ3v) is 1.88. The third kappa shape index (κ3) is 1.33. The van der Waals surface area contributed by atoms with E-state index in [1.807, 2.05) is 14.0 Å². The summed E-state index contributed by atoms with van der Waals surface area (Å²) < 4.78 is 6.79. The summed E-state index contributed by atoms with van der Waals surface area (Å²) in [4.78, 5) is 0. The highest BCUT2D eigenvalue weighted by molar-refractivity contribution is 6.17. The van der Waals surface area contributed by atoms with E-state index >= 15 is 0 Å². The van der Waals surface area contributed by atoms with Gasteiger partial charge in [0.15, 0.2) is 0 Å². The van der Waals surface area contributed by atoms with Crippen LogP contribution in [0.2, 0.25) is 0 Å². The van der Waals surface area contributed by atoms with Crippen molar-refractivity contribution in [1.82, 2.24) is 9.78 Å². The fourth-order valence-electron chi connectivity index (χ4n) is 1.09. The van der Waals surface area contributed by atoms with E-state index in [2.05, 4.69) is 5.10 Å². The van der Waals surface area contributed by atoms with E-state index in [0.717, 1.165) is 17.1 Å². The smallest absolute Gasteiger partial charge is 0.215 e. The van der Waals surface area contributed by atoms with E-state index in [9.17, 15) is 0 Å². The maximum Gasteiger partial charge on any atom is 0.215 e. The van der Waals surface area contributed by atoms with Crippen molar-refractivity contribution >= 4 is 11.6 Å². The first kappa shape index (κ1) is 8.40. The Bertz CT molecular complexity index is 233. The molecule has 0 aliphatic heterocycles. The van der Waals surface area contributed by atoms with E-state index < -0.39 is 0 Å². The van der Waals surface area contributed by atoms with Crippen molar-refractivity contribution in [3.05, 3.63) is 11.3 Å². The Morgan fingerprint density at radius 2 is 2.27 bits per heavy atom. The molecule has 11 heavy (non-hydrogen) atoms. The fraction of sp³-hybridized carbons (Fsp3) is 0.571. The van der Waals surface area contributed by atoms with Gasteiger partial charge in [-0.25, -0.2) is 4.68 Å². The molecule has 0 amide bonds. The molecule has 0 radical (unpaired) electrons. The van der Waals surface area contributed by atoms with Gasteiger partial charge in [0.1, 0.15) is 0 Å². The van der Waals surface area contributed by atoms with Crippen LogP contribution in [0.1, 0.15) is 11.3 Å². The van der Waals surface area contributed by atoms with Crippen molar-refractivity contribution in [1.29, 1.82) is 0 Å². The molecule has 1 rings (SSSR count). The van der Waals surface area contributed by atoms with Crippen LogP contribution >= 0.6 is 11.6 Å². The Morgan fingerprint density at radius 3 is 2.64 bits per heavy atom. The minimum atomic E-state index is 0.447. The van der Waals surface area contributed by atoms with Crippen molar-refractivity contribution in [2.75, 3.05) is 7.11 Å². The number of rotatable bonds is 2. The maximum absolute atomic E-state index is 5.70. The normalized spacial score (nSPS) is 10.2. The monoisotopic (exact) mass is 174 g/mol. The summed E-state index contributed by atoms with van der Waals surface area (Å²) >= 11 is 5.70. The zero-order valence-electron chi connectivity index (χ0n) is 6.89. The minimum absolute atomic E-state index is 0.447. The molecule has 0 aliphatic rings. The Kier molecular flexibility index (Phi) is 2.39. The van der Waals surface area contributed by atoms with E-state index in [1.54, 1.807) is 11.8 Å². The van der Waals surface area contributed by atoms with E-state index in [0.29, 0.717) is 5.88 Å². The average molecular weight is 175 g/mol. The number of aryl methyl sites for hydroxylation is 2. The van der Waals surface area contributed by atoms with Crippen LogP contribution < -0.4 is 4.74 Å². The van der Waals surface area contributed by atoms with Crippen LogP contribution in [0.5, 0.6) is 5.88 Å². The number of halogens is 1. The molecule has 1 aromatic heterocycles. The summed E-state index contributed by atoms with van der Waals surface area (Å²) in [7, 11) is 3.45. The number of hydrogen-bond acceptors (Lipinski definition) is 2. The van der Waals surface area contributed by atoms with Crippen molar-refractivity contribution in [3.63, 3.8) is 0 Å². The molecule has 0 aliphatic carbocycles. The molecule has 0 fully saturated rings. The van der Waals surface area contributed by atoms with Crippen molar-refractivity contribution < 1.29 is 4.74 Å². The third-order valence-electron chi connectivity index (χ3n) is 1.62. The first-order valence-corrected chi connectivity index (χ1v) is 3.86. The molecule has 0 spiro atoms. The number of alkyl halides is 1. The van der Waals surface area contributed by atoms with Gasteiger partial charge >= 0.3 is 0 Å². The Labute approximate surface area is 70.9 Å². The fourth-order valence-corrected chi connectivity index (χ4v) is 1.40. The van der Waals surface area contributed by atoms with Gasteiger partial charge in [-0.1, -0.05) is 0 Å². The molecule has 0 bridgehead atoms. The van der Waals surface area contributed by atoms with Gasteiger partial charge in [0.05, 0.1) is 24.2 Å². The van der Waals surface area contributed by atoms with Crippen LogP contribution in [0.4, 0.5) is 0 Å². The molecular formula is C7H11ClN2O. The van der Waals surface area contributed by atoms with Gasteiger partial charge in [-0.15, -0.1) is 11.6 Å². The van der Waals surface area contributed by atoms with E-state index in [-0.39, 0.29) is 0 Å². The predicted octanol–water partition coefficient (Wildman–Crippen LogP) is 1.48.